The number of nitrogens with zero attached hydrogens (tertiary/aromatic N) is 2. The topological polar surface area (TPSA) is 74.3 Å². The largest absolute Gasteiger partial charge is 0.348 e. The smallest absolute Gasteiger partial charge is 0.317 e. The fourth-order valence-corrected chi connectivity index (χ4v) is 2.05. The van der Waals surface area contributed by atoms with Crippen molar-refractivity contribution in [3.63, 3.8) is 0 Å². The zero-order valence-electron chi connectivity index (χ0n) is 13.5. The van der Waals surface area contributed by atoms with E-state index in [1.54, 1.807) is 44.6 Å². The molecule has 0 aliphatic heterocycles. The van der Waals surface area contributed by atoms with Crippen LogP contribution < -0.4 is 10.6 Å². The first-order valence-electron chi connectivity index (χ1n) is 7.38. The van der Waals surface area contributed by atoms with Crippen molar-refractivity contribution in [2.45, 2.75) is 13.1 Å². The summed E-state index contributed by atoms with van der Waals surface area (Å²) in [4.78, 5) is 29.3. The quantitative estimate of drug-likeness (QED) is 0.873. The van der Waals surface area contributed by atoms with E-state index in [-0.39, 0.29) is 18.5 Å². The van der Waals surface area contributed by atoms with Gasteiger partial charge in [0.1, 0.15) is 0 Å². The Bertz CT molecular complexity index is 717. The minimum atomic E-state index is -0.214. The van der Waals surface area contributed by atoms with Crippen LogP contribution in [0.3, 0.4) is 0 Å². The number of carbonyl (C=O) groups is 2. The third-order valence-electron chi connectivity index (χ3n) is 3.27. The summed E-state index contributed by atoms with van der Waals surface area (Å²) in [7, 11) is 3.31. The van der Waals surface area contributed by atoms with Crippen LogP contribution in [0, 0.1) is 0 Å². The Balaban J connectivity index is 1.93. The lowest BCUT2D eigenvalue weighted by Gasteiger charge is -2.12. The number of rotatable bonds is 5. The van der Waals surface area contributed by atoms with Gasteiger partial charge in [-0.3, -0.25) is 9.78 Å². The van der Waals surface area contributed by atoms with Gasteiger partial charge in [-0.1, -0.05) is 23.7 Å². The molecule has 1 aromatic heterocycles. The van der Waals surface area contributed by atoms with E-state index >= 15 is 0 Å². The number of amides is 3. The lowest BCUT2D eigenvalue weighted by molar-refractivity contribution is 0.0950. The summed E-state index contributed by atoms with van der Waals surface area (Å²) in [6.45, 7) is 0.667. The molecule has 0 unspecified atom stereocenters. The van der Waals surface area contributed by atoms with Gasteiger partial charge >= 0.3 is 6.03 Å². The summed E-state index contributed by atoms with van der Waals surface area (Å²) in [6, 6.07) is 10.4. The van der Waals surface area contributed by atoms with Crippen LogP contribution in [0.1, 0.15) is 21.6 Å². The molecule has 126 valence electrons. The van der Waals surface area contributed by atoms with Crippen LogP contribution in [0.4, 0.5) is 4.79 Å². The van der Waals surface area contributed by atoms with Gasteiger partial charge in [0.15, 0.2) is 0 Å². The minimum Gasteiger partial charge on any atom is -0.348 e. The Kier molecular flexibility index (Phi) is 6.14. The predicted molar refractivity (Wildman–Crippen MR) is 92.8 cm³/mol. The Labute approximate surface area is 145 Å². The Morgan fingerprint density at radius 3 is 2.46 bits per heavy atom. The molecule has 6 nitrogen and oxygen atoms in total. The number of hydrogen-bond donors (Lipinski definition) is 2. The molecule has 2 rings (SSSR count). The van der Waals surface area contributed by atoms with Crippen molar-refractivity contribution in [1.82, 2.24) is 20.5 Å². The van der Waals surface area contributed by atoms with Crippen LogP contribution >= 0.6 is 11.6 Å². The van der Waals surface area contributed by atoms with Gasteiger partial charge in [-0.05, 0) is 29.8 Å². The molecule has 0 atom stereocenters. The highest BCUT2D eigenvalue weighted by Crippen LogP contribution is 2.09. The molecule has 0 aliphatic rings. The van der Waals surface area contributed by atoms with Gasteiger partial charge in [-0.2, -0.15) is 0 Å². The fraction of sp³-hybridized carbons (Fsp3) is 0.235. The maximum atomic E-state index is 12.2. The van der Waals surface area contributed by atoms with E-state index in [2.05, 4.69) is 15.6 Å². The maximum Gasteiger partial charge on any atom is 0.317 e. The van der Waals surface area contributed by atoms with Crippen molar-refractivity contribution in [2.24, 2.45) is 0 Å². The molecule has 0 bridgehead atoms. The highest BCUT2D eigenvalue weighted by atomic mass is 35.5. The second-order valence-corrected chi connectivity index (χ2v) is 5.83. The highest BCUT2D eigenvalue weighted by Gasteiger charge is 2.08. The first-order valence-corrected chi connectivity index (χ1v) is 7.76. The van der Waals surface area contributed by atoms with Gasteiger partial charge in [0.2, 0.25) is 0 Å². The summed E-state index contributed by atoms with van der Waals surface area (Å²) >= 11 is 5.83. The number of benzene rings is 1. The summed E-state index contributed by atoms with van der Waals surface area (Å²) in [5, 5.41) is 6.20. The molecular formula is C17H19ClN4O2. The van der Waals surface area contributed by atoms with E-state index in [1.807, 2.05) is 12.1 Å². The van der Waals surface area contributed by atoms with Crippen molar-refractivity contribution < 1.29 is 9.59 Å². The monoisotopic (exact) mass is 346 g/mol. The van der Waals surface area contributed by atoms with E-state index in [1.165, 1.54) is 4.90 Å². The van der Waals surface area contributed by atoms with Gasteiger partial charge in [-0.25, -0.2) is 4.79 Å². The molecule has 2 aromatic rings. The molecular weight excluding hydrogens is 328 g/mol. The van der Waals surface area contributed by atoms with Crippen molar-refractivity contribution in [2.75, 3.05) is 14.1 Å². The Morgan fingerprint density at radius 1 is 1.08 bits per heavy atom. The Hall–Kier alpha value is -2.60. The number of nitrogens with one attached hydrogen (secondary N) is 2. The third kappa shape index (κ3) is 5.24. The summed E-state index contributed by atoms with van der Waals surface area (Å²) < 4.78 is 0. The van der Waals surface area contributed by atoms with Crippen LogP contribution in [0.5, 0.6) is 0 Å². The second kappa shape index (κ2) is 8.31. The van der Waals surface area contributed by atoms with Gasteiger partial charge in [0.25, 0.3) is 5.91 Å². The molecule has 0 saturated heterocycles. The number of aromatic nitrogens is 1. The fourth-order valence-electron chi connectivity index (χ4n) is 1.93. The van der Waals surface area contributed by atoms with Crippen LogP contribution in [-0.2, 0) is 13.1 Å². The van der Waals surface area contributed by atoms with Crippen molar-refractivity contribution in [1.29, 1.82) is 0 Å². The Morgan fingerprint density at radius 2 is 1.79 bits per heavy atom. The summed E-state index contributed by atoms with van der Waals surface area (Å²) in [5.74, 6) is -0.201. The SMILES string of the molecule is CN(C)C(=O)NCc1cc(C(=O)NCc2ccc(Cl)cc2)ccn1. The second-order valence-electron chi connectivity index (χ2n) is 5.40. The molecule has 0 radical (unpaired) electrons. The van der Waals surface area contributed by atoms with E-state index in [4.69, 9.17) is 11.6 Å². The van der Waals surface area contributed by atoms with E-state index < -0.39 is 0 Å². The molecule has 0 aliphatic carbocycles. The van der Waals surface area contributed by atoms with Crippen LogP contribution in [-0.4, -0.2) is 35.9 Å². The number of pyridine rings is 1. The average Bonchev–Trinajstić information content (AvgIpc) is 2.59. The van der Waals surface area contributed by atoms with E-state index in [0.717, 1.165) is 5.56 Å². The third-order valence-corrected chi connectivity index (χ3v) is 3.52. The zero-order chi connectivity index (χ0) is 17.5. The minimum absolute atomic E-state index is 0.201. The maximum absolute atomic E-state index is 12.2. The number of halogens is 1. The predicted octanol–water partition coefficient (Wildman–Crippen LogP) is 2.44. The number of carbonyl (C=O) groups excluding carboxylic acids is 2. The van der Waals surface area contributed by atoms with E-state index in [9.17, 15) is 9.59 Å². The number of hydrogen-bond acceptors (Lipinski definition) is 3. The van der Waals surface area contributed by atoms with Gasteiger partial charge in [0, 0.05) is 37.4 Å². The molecule has 0 fully saturated rings. The molecule has 2 N–H and O–H groups in total. The highest BCUT2D eigenvalue weighted by molar-refractivity contribution is 6.30. The van der Waals surface area contributed by atoms with Gasteiger partial charge < -0.3 is 15.5 Å². The summed E-state index contributed by atoms with van der Waals surface area (Å²) in [5.41, 5.74) is 2.07. The zero-order valence-corrected chi connectivity index (χ0v) is 14.3. The molecule has 24 heavy (non-hydrogen) atoms. The summed E-state index contributed by atoms with van der Waals surface area (Å²) in [6.07, 6.45) is 1.55. The van der Waals surface area contributed by atoms with Crippen molar-refractivity contribution in [3.05, 3.63) is 64.4 Å². The van der Waals surface area contributed by atoms with Crippen molar-refractivity contribution in [3.8, 4) is 0 Å². The van der Waals surface area contributed by atoms with Crippen molar-refractivity contribution >= 4 is 23.5 Å². The first-order chi connectivity index (χ1) is 11.5. The standard InChI is InChI=1S/C17H19ClN4O2/c1-22(2)17(24)21-11-15-9-13(7-8-19-15)16(23)20-10-12-3-5-14(18)6-4-12/h3-9H,10-11H2,1-2H3,(H,20,23)(H,21,24). The normalized spacial score (nSPS) is 10.1. The van der Waals surface area contributed by atoms with Crippen LogP contribution in [0.25, 0.3) is 0 Å². The molecule has 1 heterocycles. The van der Waals surface area contributed by atoms with Crippen LogP contribution in [0.2, 0.25) is 5.02 Å². The number of urea groups is 1. The molecule has 3 amide bonds. The molecule has 0 spiro atoms. The van der Waals surface area contributed by atoms with Gasteiger partial charge in [0.05, 0.1) is 12.2 Å². The van der Waals surface area contributed by atoms with Gasteiger partial charge in [-0.15, -0.1) is 0 Å². The first kappa shape index (κ1) is 17.7. The average molecular weight is 347 g/mol. The molecule has 1 aromatic carbocycles. The molecule has 0 saturated carbocycles. The lowest BCUT2D eigenvalue weighted by atomic mass is 10.2. The molecule has 7 heteroatoms. The lowest BCUT2D eigenvalue weighted by Crippen LogP contribution is -2.34. The van der Waals surface area contributed by atoms with E-state index in [0.29, 0.717) is 22.8 Å². The van der Waals surface area contributed by atoms with Crippen LogP contribution in [0.15, 0.2) is 42.6 Å².